The number of aromatic nitrogens is 1. The number of furan rings is 1. The minimum Gasteiger partial charge on any atom is -0.472 e. The molecule has 0 bridgehead atoms. The van der Waals surface area contributed by atoms with Crippen molar-refractivity contribution in [3.8, 4) is 0 Å². The Morgan fingerprint density at radius 2 is 2.41 bits per heavy atom. The van der Waals surface area contributed by atoms with Crippen molar-refractivity contribution in [1.82, 2.24) is 4.98 Å². The van der Waals surface area contributed by atoms with Gasteiger partial charge in [-0.3, -0.25) is 4.98 Å². The van der Waals surface area contributed by atoms with Gasteiger partial charge in [-0.2, -0.15) is 0 Å². The zero-order chi connectivity index (χ0) is 11.7. The monoisotopic (exact) mass is 229 g/mol. The van der Waals surface area contributed by atoms with E-state index in [1.807, 2.05) is 12.1 Å². The van der Waals surface area contributed by atoms with Crippen LogP contribution in [0.25, 0.3) is 0 Å². The van der Waals surface area contributed by atoms with Gasteiger partial charge in [0.05, 0.1) is 17.5 Å². The first-order valence-corrected chi connectivity index (χ1v) is 5.51. The first-order valence-electron chi connectivity index (χ1n) is 5.51. The van der Waals surface area contributed by atoms with Crippen molar-refractivity contribution >= 4 is 5.97 Å². The molecule has 86 valence electrons. The number of carbonyl (C=O) groups excluding carboxylic acids is 1. The van der Waals surface area contributed by atoms with E-state index < -0.39 is 0 Å². The van der Waals surface area contributed by atoms with Crippen molar-refractivity contribution in [2.24, 2.45) is 0 Å². The number of nitrogens with zero attached hydrogens (tertiary/aromatic N) is 1. The van der Waals surface area contributed by atoms with Gasteiger partial charge in [0, 0.05) is 6.20 Å². The first-order chi connectivity index (χ1) is 8.34. The van der Waals surface area contributed by atoms with Crippen molar-refractivity contribution in [2.75, 3.05) is 0 Å². The summed E-state index contributed by atoms with van der Waals surface area (Å²) >= 11 is 0. The third-order valence-electron chi connectivity index (χ3n) is 2.91. The van der Waals surface area contributed by atoms with Crippen LogP contribution in [0.4, 0.5) is 0 Å². The van der Waals surface area contributed by atoms with Crippen molar-refractivity contribution in [3.05, 3.63) is 53.7 Å². The zero-order valence-electron chi connectivity index (χ0n) is 9.13. The smallest absolute Gasteiger partial charge is 0.342 e. The van der Waals surface area contributed by atoms with Gasteiger partial charge in [0.25, 0.3) is 0 Å². The lowest BCUT2D eigenvalue weighted by molar-refractivity contribution is 0.0292. The largest absolute Gasteiger partial charge is 0.472 e. The molecule has 0 unspecified atom stereocenters. The van der Waals surface area contributed by atoms with E-state index in [9.17, 15) is 4.79 Å². The van der Waals surface area contributed by atoms with E-state index >= 15 is 0 Å². The number of hydrogen-bond acceptors (Lipinski definition) is 4. The molecule has 2 aromatic heterocycles. The average molecular weight is 229 g/mol. The molecule has 0 saturated heterocycles. The number of ether oxygens (including phenoxy) is 1. The molecule has 1 aliphatic rings. The van der Waals surface area contributed by atoms with Crippen LogP contribution in [0, 0.1) is 0 Å². The van der Waals surface area contributed by atoms with Crippen molar-refractivity contribution < 1.29 is 13.9 Å². The third kappa shape index (κ3) is 1.82. The zero-order valence-corrected chi connectivity index (χ0v) is 9.13. The topological polar surface area (TPSA) is 52.3 Å². The lowest BCUT2D eigenvalue weighted by atomic mass is 10.2. The Labute approximate surface area is 98.2 Å². The molecule has 0 N–H and O–H groups in total. The molecule has 0 saturated carbocycles. The maximum atomic E-state index is 11.8. The van der Waals surface area contributed by atoms with Crippen LogP contribution in [-0.2, 0) is 11.2 Å². The summed E-state index contributed by atoms with van der Waals surface area (Å²) in [5, 5.41) is 0. The minimum absolute atomic E-state index is 0.228. The molecule has 2 aromatic rings. The van der Waals surface area contributed by atoms with Crippen molar-refractivity contribution in [2.45, 2.75) is 18.9 Å². The van der Waals surface area contributed by atoms with Gasteiger partial charge in [0.1, 0.15) is 12.4 Å². The quantitative estimate of drug-likeness (QED) is 0.742. The van der Waals surface area contributed by atoms with E-state index in [2.05, 4.69) is 4.98 Å². The molecule has 3 rings (SSSR count). The Morgan fingerprint density at radius 3 is 3.24 bits per heavy atom. The second kappa shape index (κ2) is 4.05. The molecule has 0 radical (unpaired) electrons. The van der Waals surface area contributed by atoms with E-state index in [1.54, 1.807) is 12.3 Å². The van der Waals surface area contributed by atoms with Gasteiger partial charge < -0.3 is 9.15 Å². The van der Waals surface area contributed by atoms with E-state index in [-0.39, 0.29) is 12.1 Å². The highest BCUT2D eigenvalue weighted by Gasteiger charge is 2.27. The van der Waals surface area contributed by atoms with Crippen LogP contribution in [0.5, 0.6) is 0 Å². The molecule has 0 aliphatic heterocycles. The average Bonchev–Trinajstić information content (AvgIpc) is 2.98. The molecule has 0 amide bonds. The fourth-order valence-corrected chi connectivity index (χ4v) is 2.07. The molecule has 1 atom stereocenters. The summed E-state index contributed by atoms with van der Waals surface area (Å²) in [6.07, 6.45) is 6.05. The van der Waals surface area contributed by atoms with Gasteiger partial charge in [-0.15, -0.1) is 0 Å². The molecular formula is C13H11NO3. The lowest BCUT2D eigenvalue weighted by Gasteiger charge is -2.11. The molecule has 1 aliphatic carbocycles. The normalized spacial score (nSPS) is 17.8. The second-order valence-electron chi connectivity index (χ2n) is 3.99. The molecular weight excluding hydrogens is 218 g/mol. The molecule has 0 spiro atoms. The predicted octanol–water partition coefficient (Wildman–Crippen LogP) is 2.52. The molecule has 17 heavy (non-hydrogen) atoms. The van der Waals surface area contributed by atoms with Gasteiger partial charge >= 0.3 is 5.97 Å². The summed E-state index contributed by atoms with van der Waals surface area (Å²) in [5.41, 5.74) is 2.48. The van der Waals surface area contributed by atoms with E-state index in [4.69, 9.17) is 9.15 Å². The maximum absolute atomic E-state index is 11.8. The Balaban J connectivity index is 1.78. The number of rotatable bonds is 2. The lowest BCUT2D eigenvalue weighted by Crippen LogP contribution is -2.09. The summed E-state index contributed by atoms with van der Waals surface area (Å²) in [7, 11) is 0. The molecule has 2 heterocycles. The van der Waals surface area contributed by atoms with Gasteiger partial charge in [-0.05, 0) is 30.5 Å². The van der Waals surface area contributed by atoms with Gasteiger partial charge in [0.15, 0.2) is 0 Å². The highest BCUT2D eigenvalue weighted by Crippen LogP contribution is 2.32. The first kappa shape index (κ1) is 10.1. The van der Waals surface area contributed by atoms with E-state index in [0.717, 1.165) is 24.1 Å². The van der Waals surface area contributed by atoms with Crippen LogP contribution in [0.2, 0.25) is 0 Å². The molecule has 0 fully saturated rings. The SMILES string of the molecule is O=C(O[C@@H]1CCc2cccnc21)c1ccoc1. The highest BCUT2D eigenvalue weighted by molar-refractivity contribution is 5.89. The number of fused-ring (bicyclic) bond motifs is 1. The summed E-state index contributed by atoms with van der Waals surface area (Å²) in [4.78, 5) is 16.0. The van der Waals surface area contributed by atoms with Gasteiger partial charge in [0.2, 0.25) is 0 Å². The van der Waals surface area contributed by atoms with Crippen molar-refractivity contribution in [3.63, 3.8) is 0 Å². The van der Waals surface area contributed by atoms with Crippen LogP contribution in [0.1, 0.15) is 34.1 Å². The molecule has 0 aromatic carbocycles. The Bertz CT molecular complexity index is 533. The fourth-order valence-electron chi connectivity index (χ4n) is 2.07. The summed E-state index contributed by atoms with van der Waals surface area (Å²) < 4.78 is 10.3. The van der Waals surface area contributed by atoms with Crippen molar-refractivity contribution in [1.29, 1.82) is 0 Å². The number of aryl methyl sites for hydroxylation is 1. The van der Waals surface area contributed by atoms with Gasteiger partial charge in [-0.25, -0.2) is 4.79 Å². The van der Waals surface area contributed by atoms with Crippen LogP contribution < -0.4 is 0 Å². The fraction of sp³-hybridized carbons (Fsp3) is 0.231. The van der Waals surface area contributed by atoms with Crippen LogP contribution in [0.15, 0.2) is 41.3 Å². The second-order valence-corrected chi connectivity index (χ2v) is 3.99. The summed E-state index contributed by atoms with van der Waals surface area (Å²) in [5.74, 6) is -0.359. The molecule has 4 heteroatoms. The maximum Gasteiger partial charge on any atom is 0.342 e. The number of esters is 1. The minimum atomic E-state index is -0.359. The standard InChI is InChI=1S/C13H11NO3/c15-13(10-5-7-16-8-10)17-11-4-3-9-2-1-6-14-12(9)11/h1-2,5-8,11H,3-4H2/t11-/m1/s1. The Morgan fingerprint density at radius 1 is 1.47 bits per heavy atom. The summed E-state index contributed by atoms with van der Waals surface area (Å²) in [6.45, 7) is 0. The highest BCUT2D eigenvalue weighted by atomic mass is 16.5. The number of carbonyl (C=O) groups is 1. The Kier molecular flexibility index (Phi) is 2.40. The van der Waals surface area contributed by atoms with E-state index in [1.165, 1.54) is 12.5 Å². The van der Waals surface area contributed by atoms with E-state index in [0.29, 0.717) is 5.56 Å². The summed E-state index contributed by atoms with van der Waals surface area (Å²) in [6, 6.07) is 5.52. The third-order valence-corrected chi connectivity index (χ3v) is 2.91. The predicted molar refractivity (Wildman–Crippen MR) is 59.4 cm³/mol. The van der Waals surface area contributed by atoms with Crippen LogP contribution >= 0.6 is 0 Å². The van der Waals surface area contributed by atoms with Crippen LogP contribution in [0.3, 0.4) is 0 Å². The molecule has 4 nitrogen and oxygen atoms in total. The number of hydrogen-bond donors (Lipinski definition) is 0. The Hall–Kier alpha value is -2.10. The van der Waals surface area contributed by atoms with Crippen LogP contribution in [-0.4, -0.2) is 11.0 Å². The van der Waals surface area contributed by atoms with Gasteiger partial charge in [-0.1, -0.05) is 6.07 Å². The number of pyridine rings is 1.